The standard InChI is InChI=1S/C21H19ClN2O4S/c1-29(26,27)24-18-12-10-17(11-13-18)23-21(25)19-4-2-3-5-20(19)28-14-15-6-8-16(22)9-7-15/h2-13,24H,14H2,1H3,(H,23,25). The number of hydrogen-bond donors (Lipinski definition) is 2. The fourth-order valence-corrected chi connectivity index (χ4v) is 3.25. The van der Waals surface area contributed by atoms with Gasteiger partial charge in [0.2, 0.25) is 10.0 Å². The van der Waals surface area contributed by atoms with Crippen LogP contribution in [0, 0.1) is 0 Å². The number of benzene rings is 3. The molecule has 150 valence electrons. The van der Waals surface area contributed by atoms with Gasteiger partial charge in [0.1, 0.15) is 12.4 Å². The summed E-state index contributed by atoms with van der Waals surface area (Å²) in [4.78, 5) is 12.7. The molecule has 0 bridgehead atoms. The van der Waals surface area contributed by atoms with Crippen molar-refractivity contribution in [1.29, 1.82) is 0 Å². The van der Waals surface area contributed by atoms with E-state index in [9.17, 15) is 13.2 Å². The third-order valence-electron chi connectivity index (χ3n) is 3.89. The second-order valence-corrected chi connectivity index (χ2v) is 8.50. The molecule has 0 radical (unpaired) electrons. The van der Waals surface area contributed by atoms with Gasteiger partial charge >= 0.3 is 0 Å². The van der Waals surface area contributed by atoms with Crippen LogP contribution in [0.25, 0.3) is 0 Å². The van der Waals surface area contributed by atoms with Crippen molar-refractivity contribution in [3.8, 4) is 5.75 Å². The van der Waals surface area contributed by atoms with Crippen molar-refractivity contribution in [3.05, 3.63) is 88.9 Å². The maximum Gasteiger partial charge on any atom is 0.259 e. The van der Waals surface area contributed by atoms with Crippen molar-refractivity contribution in [2.75, 3.05) is 16.3 Å². The second-order valence-electron chi connectivity index (χ2n) is 6.32. The van der Waals surface area contributed by atoms with E-state index in [1.807, 2.05) is 12.1 Å². The predicted molar refractivity (Wildman–Crippen MR) is 115 cm³/mol. The van der Waals surface area contributed by atoms with Crippen LogP contribution in [0.1, 0.15) is 15.9 Å². The number of carbonyl (C=O) groups excluding carboxylic acids is 1. The fraction of sp³-hybridized carbons (Fsp3) is 0.0952. The Morgan fingerprint density at radius 1 is 0.931 bits per heavy atom. The van der Waals surface area contributed by atoms with Crippen LogP contribution in [0.4, 0.5) is 11.4 Å². The molecule has 0 aliphatic heterocycles. The fourth-order valence-electron chi connectivity index (χ4n) is 2.56. The minimum atomic E-state index is -3.35. The molecule has 0 atom stereocenters. The summed E-state index contributed by atoms with van der Waals surface area (Å²) in [5.74, 6) is 0.121. The number of hydrogen-bond acceptors (Lipinski definition) is 4. The Morgan fingerprint density at radius 2 is 1.55 bits per heavy atom. The molecular formula is C21H19ClN2O4S. The van der Waals surface area contributed by atoms with Crippen molar-refractivity contribution in [2.45, 2.75) is 6.61 Å². The van der Waals surface area contributed by atoms with E-state index in [2.05, 4.69) is 10.0 Å². The zero-order valence-electron chi connectivity index (χ0n) is 15.6. The number of para-hydroxylation sites is 1. The maximum absolute atomic E-state index is 12.7. The number of amides is 1. The molecule has 0 aromatic heterocycles. The van der Waals surface area contributed by atoms with Gasteiger partial charge in [-0.15, -0.1) is 0 Å². The van der Waals surface area contributed by atoms with E-state index < -0.39 is 10.0 Å². The number of nitrogens with one attached hydrogen (secondary N) is 2. The Bertz CT molecular complexity index is 1100. The van der Waals surface area contributed by atoms with Crippen molar-refractivity contribution >= 4 is 38.9 Å². The Balaban J connectivity index is 1.68. The monoisotopic (exact) mass is 430 g/mol. The minimum Gasteiger partial charge on any atom is -0.488 e. The molecule has 2 N–H and O–H groups in total. The average molecular weight is 431 g/mol. The molecule has 0 aliphatic carbocycles. The lowest BCUT2D eigenvalue weighted by Crippen LogP contribution is -2.14. The summed E-state index contributed by atoms with van der Waals surface area (Å²) in [5.41, 5.74) is 2.26. The minimum absolute atomic E-state index is 0.299. The van der Waals surface area contributed by atoms with Gasteiger partial charge in [0.15, 0.2) is 0 Å². The van der Waals surface area contributed by atoms with Gasteiger partial charge in [0.25, 0.3) is 5.91 Å². The zero-order valence-corrected chi connectivity index (χ0v) is 17.1. The average Bonchev–Trinajstić information content (AvgIpc) is 2.68. The van der Waals surface area contributed by atoms with E-state index in [0.29, 0.717) is 34.3 Å². The summed E-state index contributed by atoms with van der Waals surface area (Å²) in [6.45, 7) is 0.299. The van der Waals surface area contributed by atoms with Gasteiger partial charge in [-0.25, -0.2) is 8.42 Å². The molecule has 1 amide bonds. The molecule has 0 spiro atoms. The number of ether oxygens (including phenoxy) is 1. The first-order valence-corrected chi connectivity index (χ1v) is 10.9. The van der Waals surface area contributed by atoms with Gasteiger partial charge in [-0.1, -0.05) is 35.9 Å². The summed E-state index contributed by atoms with van der Waals surface area (Å²) in [6, 6.07) is 20.6. The van der Waals surface area contributed by atoms with E-state index in [1.165, 1.54) is 0 Å². The molecule has 3 aromatic carbocycles. The third kappa shape index (κ3) is 6.23. The summed E-state index contributed by atoms with van der Waals surface area (Å²) in [7, 11) is -3.35. The third-order valence-corrected chi connectivity index (χ3v) is 4.74. The maximum atomic E-state index is 12.7. The van der Waals surface area contributed by atoms with Crippen LogP contribution in [0.2, 0.25) is 5.02 Å². The number of anilines is 2. The van der Waals surface area contributed by atoms with E-state index >= 15 is 0 Å². The molecule has 0 heterocycles. The van der Waals surface area contributed by atoms with E-state index in [4.69, 9.17) is 16.3 Å². The van der Waals surface area contributed by atoms with Crippen molar-refractivity contribution in [1.82, 2.24) is 0 Å². The van der Waals surface area contributed by atoms with Crippen LogP contribution >= 0.6 is 11.6 Å². The Kier molecular flexibility index (Phi) is 6.41. The van der Waals surface area contributed by atoms with E-state index in [0.717, 1.165) is 11.8 Å². The largest absolute Gasteiger partial charge is 0.488 e. The number of rotatable bonds is 7. The van der Waals surface area contributed by atoms with Crippen molar-refractivity contribution in [3.63, 3.8) is 0 Å². The van der Waals surface area contributed by atoms with Gasteiger partial charge in [-0.3, -0.25) is 9.52 Å². The van der Waals surface area contributed by atoms with Crippen LogP contribution in [0.5, 0.6) is 5.75 Å². The number of sulfonamides is 1. The van der Waals surface area contributed by atoms with Crippen LogP contribution in [0.15, 0.2) is 72.8 Å². The summed E-state index contributed by atoms with van der Waals surface area (Å²) in [6.07, 6.45) is 1.07. The predicted octanol–water partition coefficient (Wildman–Crippen LogP) is 4.54. The molecule has 0 unspecified atom stereocenters. The Morgan fingerprint density at radius 3 is 2.21 bits per heavy atom. The number of carbonyl (C=O) groups is 1. The molecular weight excluding hydrogens is 412 g/mol. The highest BCUT2D eigenvalue weighted by atomic mass is 35.5. The smallest absolute Gasteiger partial charge is 0.259 e. The lowest BCUT2D eigenvalue weighted by atomic mass is 10.1. The van der Waals surface area contributed by atoms with Crippen molar-refractivity contribution in [2.24, 2.45) is 0 Å². The zero-order chi connectivity index (χ0) is 20.9. The van der Waals surface area contributed by atoms with Crippen LogP contribution in [-0.4, -0.2) is 20.6 Å². The first-order chi connectivity index (χ1) is 13.8. The van der Waals surface area contributed by atoms with E-state index in [1.54, 1.807) is 60.7 Å². The molecule has 0 saturated carbocycles. The van der Waals surface area contributed by atoms with Gasteiger partial charge < -0.3 is 10.1 Å². The first kappa shape index (κ1) is 20.7. The van der Waals surface area contributed by atoms with Gasteiger partial charge in [-0.05, 0) is 54.1 Å². The molecule has 8 heteroatoms. The first-order valence-electron chi connectivity index (χ1n) is 8.66. The Labute approximate surface area is 174 Å². The summed E-state index contributed by atoms with van der Waals surface area (Å²) >= 11 is 5.89. The van der Waals surface area contributed by atoms with Crippen LogP contribution < -0.4 is 14.8 Å². The lowest BCUT2D eigenvalue weighted by molar-refractivity contribution is 0.102. The van der Waals surface area contributed by atoms with Gasteiger partial charge in [0, 0.05) is 16.4 Å². The molecule has 0 aliphatic rings. The topological polar surface area (TPSA) is 84.5 Å². The van der Waals surface area contributed by atoms with Crippen LogP contribution in [-0.2, 0) is 16.6 Å². The quantitative estimate of drug-likeness (QED) is 0.576. The number of halogens is 1. The van der Waals surface area contributed by atoms with Crippen molar-refractivity contribution < 1.29 is 17.9 Å². The molecule has 3 aromatic rings. The highest BCUT2D eigenvalue weighted by molar-refractivity contribution is 7.92. The van der Waals surface area contributed by atoms with Crippen LogP contribution in [0.3, 0.4) is 0 Å². The Hall–Kier alpha value is -3.03. The normalized spacial score (nSPS) is 11.0. The molecule has 0 fully saturated rings. The summed E-state index contributed by atoms with van der Waals surface area (Å²) in [5, 5.41) is 3.43. The second kappa shape index (κ2) is 8.98. The van der Waals surface area contributed by atoms with E-state index in [-0.39, 0.29) is 5.91 Å². The molecule has 29 heavy (non-hydrogen) atoms. The van der Waals surface area contributed by atoms with Gasteiger partial charge in [-0.2, -0.15) is 0 Å². The highest BCUT2D eigenvalue weighted by Gasteiger charge is 2.13. The van der Waals surface area contributed by atoms with Gasteiger partial charge in [0.05, 0.1) is 11.8 Å². The SMILES string of the molecule is CS(=O)(=O)Nc1ccc(NC(=O)c2ccccc2OCc2ccc(Cl)cc2)cc1. The summed E-state index contributed by atoms with van der Waals surface area (Å²) < 4.78 is 30.7. The molecule has 0 saturated heterocycles. The highest BCUT2D eigenvalue weighted by Crippen LogP contribution is 2.22. The lowest BCUT2D eigenvalue weighted by Gasteiger charge is -2.12. The molecule has 3 rings (SSSR count). The molecule has 6 nitrogen and oxygen atoms in total.